The lowest BCUT2D eigenvalue weighted by molar-refractivity contribution is 0.0689. The molecule has 0 aliphatic heterocycles. The largest absolute Gasteiger partial charge is 0.476 e. The van der Waals surface area contributed by atoms with E-state index in [0.29, 0.717) is 28.9 Å². The van der Waals surface area contributed by atoms with Crippen molar-refractivity contribution in [3.63, 3.8) is 0 Å². The summed E-state index contributed by atoms with van der Waals surface area (Å²) in [7, 11) is 0. The van der Waals surface area contributed by atoms with Gasteiger partial charge in [-0.2, -0.15) is 0 Å². The number of aromatic carboxylic acids is 1. The van der Waals surface area contributed by atoms with Gasteiger partial charge in [0.05, 0.1) is 16.6 Å². The lowest BCUT2D eigenvalue weighted by Gasteiger charge is -2.08. The molecule has 0 saturated heterocycles. The summed E-state index contributed by atoms with van der Waals surface area (Å²) in [4.78, 5) is 12.2. The third kappa shape index (κ3) is 3.33. The summed E-state index contributed by atoms with van der Waals surface area (Å²) in [5.41, 5.74) is 0.698. The normalized spacial score (nSPS) is 11.2. The van der Waals surface area contributed by atoms with Crippen LogP contribution in [0.1, 0.15) is 34.9 Å². The number of hydrogen-bond acceptors (Lipinski definition) is 4. The van der Waals surface area contributed by atoms with Gasteiger partial charge >= 0.3 is 5.97 Å². The lowest BCUT2D eigenvalue weighted by atomic mass is 10.1. The number of hydrogen-bond donors (Lipinski definition) is 1. The molecule has 102 valence electrons. The van der Waals surface area contributed by atoms with Crippen LogP contribution in [0.15, 0.2) is 12.1 Å². The van der Waals surface area contributed by atoms with Crippen molar-refractivity contribution in [2.45, 2.75) is 26.8 Å². The molecule has 0 aliphatic rings. The molecule has 19 heavy (non-hydrogen) atoms. The van der Waals surface area contributed by atoms with E-state index < -0.39 is 5.97 Å². The van der Waals surface area contributed by atoms with Crippen LogP contribution in [-0.2, 0) is 13.0 Å². The molecule has 0 atom stereocenters. The zero-order valence-electron chi connectivity index (χ0n) is 10.6. The highest BCUT2D eigenvalue weighted by molar-refractivity contribution is 7.16. The number of rotatable bonds is 5. The summed E-state index contributed by atoms with van der Waals surface area (Å²) in [6, 6.07) is 3.73. The average molecular weight is 300 g/mol. The van der Waals surface area contributed by atoms with E-state index in [-0.39, 0.29) is 5.69 Å². The molecule has 5 nitrogen and oxygen atoms in total. The smallest absolute Gasteiger partial charge is 0.358 e. The van der Waals surface area contributed by atoms with Gasteiger partial charge in [-0.15, -0.1) is 16.4 Å². The van der Waals surface area contributed by atoms with Crippen molar-refractivity contribution in [2.24, 2.45) is 5.92 Å². The highest BCUT2D eigenvalue weighted by Gasteiger charge is 2.20. The molecule has 2 aromatic heterocycles. The van der Waals surface area contributed by atoms with E-state index in [0.717, 1.165) is 4.88 Å². The van der Waals surface area contributed by atoms with Crippen LogP contribution in [0.25, 0.3) is 0 Å². The Morgan fingerprint density at radius 2 is 2.26 bits per heavy atom. The Kier molecular flexibility index (Phi) is 4.21. The van der Waals surface area contributed by atoms with Crippen LogP contribution in [0.4, 0.5) is 0 Å². The third-order valence-corrected chi connectivity index (χ3v) is 3.79. The molecule has 0 unspecified atom stereocenters. The molecule has 0 aliphatic carbocycles. The summed E-state index contributed by atoms with van der Waals surface area (Å²) in [6.07, 6.45) is 0.633. The molecule has 0 amide bonds. The van der Waals surface area contributed by atoms with Crippen molar-refractivity contribution in [1.29, 1.82) is 0 Å². The maximum atomic E-state index is 11.1. The molecular formula is C12H14ClN3O2S. The van der Waals surface area contributed by atoms with Crippen LogP contribution < -0.4 is 0 Å². The van der Waals surface area contributed by atoms with Crippen molar-refractivity contribution < 1.29 is 9.90 Å². The zero-order valence-corrected chi connectivity index (χ0v) is 12.2. The highest BCUT2D eigenvalue weighted by atomic mass is 35.5. The van der Waals surface area contributed by atoms with Crippen LogP contribution >= 0.6 is 22.9 Å². The summed E-state index contributed by atoms with van der Waals surface area (Å²) in [6.45, 7) is 4.57. The molecule has 7 heteroatoms. The molecule has 0 aromatic carbocycles. The van der Waals surface area contributed by atoms with E-state index in [4.69, 9.17) is 16.7 Å². The predicted octanol–water partition coefficient (Wildman–Crippen LogP) is 2.94. The van der Waals surface area contributed by atoms with E-state index in [1.165, 1.54) is 11.3 Å². The van der Waals surface area contributed by atoms with Gasteiger partial charge in [0, 0.05) is 4.88 Å². The average Bonchev–Trinajstić information content (AvgIpc) is 2.87. The van der Waals surface area contributed by atoms with Crippen LogP contribution in [0.3, 0.4) is 0 Å². The van der Waals surface area contributed by atoms with Gasteiger partial charge < -0.3 is 5.11 Å². The first-order valence-electron chi connectivity index (χ1n) is 5.87. The van der Waals surface area contributed by atoms with E-state index in [1.807, 2.05) is 26.0 Å². The van der Waals surface area contributed by atoms with Crippen LogP contribution in [0, 0.1) is 5.92 Å². The van der Waals surface area contributed by atoms with Gasteiger partial charge in [-0.25, -0.2) is 9.48 Å². The van der Waals surface area contributed by atoms with Crippen LogP contribution in [-0.4, -0.2) is 26.1 Å². The fraction of sp³-hybridized carbons (Fsp3) is 0.417. The van der Waals surface area contributed by atoms with Gasteiger partial charge in [0.15, 0.2) is 5.69 Å². The van der Waals surface area contributed by atoms with Crippen molar-refractivity contribution in [3.8, 4) is 0 Å². The molecule has 0 spiro atoms. The Morgan fingerprint density at radius 1 is 1.53 bits per heavy atom. The maximum Gasteiger partial charge on any atom is 0.358 e. The molecule has 2 aromatic rings. The molecule has 0 bridgehead atoms. The Hall–Kier alpha value is -1.40. The fourth-order valence-corrected chi connectivity index (χ4v) is 2.87. The number of nitrogens with zero attached hydrogens (tertiary/aromatic N) is 3. The van der Waals surface area contributed by atoms with Crippen LogP contribution in [0.2, 0.25) is 4.34 Å². The first kappa shape index (κ1) is 14.0. The molecule has 0 radical (unpaired) electrons. The summed E-state index contributed by atoms with van der Waals surface area (Å²) < 4.78 is 2.35. The number of carboxylic acid groups (broad SMARTS) is 1. The Bertz CT molecular complexity index is 592. The number of carbonyl (C=O) groups is 1. The minimum absolute atomic E-state index is 0.0383. The van der Waals surface area contributed by atoms with Crippen molar-refractivity contribution in [3.05, 3.63) is 32.7 Å². The lowest BCUT2D eigenvalue weighted by Crippen LogP contribution is -2.11. The molecule has 2 rings (SSSR count). The first-order chi connectivity index (χ1) is 8.97. The highest BCUT2D eigenvalue weighted by Crippen LogP contribution is 2.23. The van der Waals surface area contributed by atoms with Gasteiger partial charge in [-0.3, -0.25) is 0 Å². The minimum atomic E-state index is -1.04. The Morgan fingerprint density at radius 3 is 2.79 bits per heavy atom. The van der Waals surface area contributed by atoms with E-state index in [9.17, 15) is 4.79 Å². The van der Waals surface area contributed by atoms with Gasteiger partial charge in [0.2, 0.25) is 0 Å². The zero-order chi connectivity index (χ0) is 14.0. The van der Waals surface area contributed by atoms with E-state index >= 15 is 0 Å². The third-order valence-electron chi connectivity index (χ3n) is 2.58. The topological polar surface area (TPSA) is 68.0 Å². The second kappa shape index (κ2) is 5.71. The first-order valence-corrected chi connectivity index (χ1v) is 7.06. The number of carboxylic acids is 1. The fourth-order valence-electron chi connectivity index (χ4n) is 1.80. The Balaban J connectivity index is 2.31. The van der Waals surface area contributed by atoms with Gasteiger partial charge in [-0.1, -0.05) is 30.7 Å². The molecular weight excluding hydrogens is 286 g/mol. The van der Waals surface area contributed by atoms with Gasteiger partial charge in [0.1, 0.15) is 0 Å². The summed E-state index contributed by atoms with van der Waals surface area (Å²) in [5, 5.41) is 16.8. The van der Waals surface area contributed by atoms with E-state index in [2.05, 4.69) is 10.3 Å². The SMILES string of the molecule is CC(C)Cc1c(C(=O)O)nnn1Cc1ccc(Cl)s1. The molecule has 0 saturated carbocycles. The standard InChI is InChI=1S/C12H14ClN3O2S/c1-7(2)5-9-11(12(17)18)14-15-16(9)6-8-3-4-10(13)19-8/h3-4,7H,5-6H2,1-2H3,(H,17,18). The quantitative estimate of drug-likeness (QED) is 0.921. The Labute approximate surface area is 119 Å². The van der Waals surface area contributed by atoms with Gasteiger partial charge in [-0.05, 0) is 24.5 Å². The van der Waals surface area contributed by atoms with Crippen molar-refractivity contribution in [2.75, 3.05) is 0 Å². The van der Waals surface area contributed by atoms with Crippen molar-refractivity contribution in [1.82, 2.24) is 15.0 Å². The predicted molar refractivity (Wildman–Crippen MR) is 74.0 cm³/mol. The molecule has 1 N–H and O–H groups in total. The van der Waals surface area contributed by atoms with E-state index in [1.54, 1.807) is 4.68 Å². The number of thiophene rings is 1. The summed E-state index contributed by atoms with van der Waals surface area (Å²) >= 11 is 7.34. The monoisotopic (exact) mass is 299 g/mol. The van der Waals surface area contributed by atoms with Crippen molar-refractivity contribution >= 4 is 28.9 Å². The second-order valence-electron chi connectivity index (χ2n) is 4.65. The summed E-state index contributed by atoms with van der Waals surface area (Å²) in [5.74, 6) is -0.701. The number of halogens is 1. The number of aromatic nitrogens is 3. The molecule has 0 fully saturated rings. The maximum absolute atomic E-state index is 11.1. The van der Waals surface area contributed by atoms with Crippen LogP contribution in [0.5, 0.6) is 0 Å². The second-order valence-corrected chi connectivity index (χ2v) is 6.45. The van der Waals surface area contributed by atoms with Gasteiger partial charge in [0.25, 0.3) is 0 Å². The molecule has 2 heterocycles. The minimum Gasteiger partial charge on any atom is -0.476 e.